The zero-order valence-corrected chi connectivity index (χ0v) is 15.3. The average Bonchev–Trinajstić information content (AvgIpc) is 2.59. The predicted molar refractivity (Wildman–Crippen MR) is 98.6 cm³/mol. The lowest BCUT2D eigenvalue weighted by molar-refractivity contribution is 0.1000. The summed E-state index contributed by atoms with van der Waals surface area (Å²) in [5.41, 5.74) is 6.57. The number of amides is 1. The zero-order chi connectivity index (χ0) is 18.4. The van der Waals surface area contributed by atoms with E-state index in [1.165, 1.54) is 29.8 Å². The number of primary amides is 1. The van der Waals surface area contributed by atoms with E-state index in [0.29, 0.717) is 12.5 Å². The van der Waals surface area contributed by atoms with Gasteiger partial charge in [-0.1, -0.05) is 50.2 Å². The summed E-state index contributed by atoms with van der Waals surface area (Å²) < 4.78 is 27.7. The Hall–Kier alpha value is -2.18. The molecule has 1 atom stereocenters. The van der Waals surface area contributed by atoms with Crippen molar-refractivity contribution in [2.45, 2.75) is 25.2 Å². The molecule has 0 radical (unpaired) electrons. The van der Waals surface area contributed by atoms with Crippen LogP contribution < -0.4 is 10.5 Å². The third-order valence-electron chi connectivity index (χ3n) is 4.25. The van der Waals surface area contributed by atoms with Crippen molar-refractivity contribution in [3.05, 3.63) is 65.7 Å². The maximum Gasteiger partial charge on any atom is 0.248 e. The van der Waals surface area contributed by atoms with E-state index in [1.807, 2.05) is 30.3 Å². The van der Waals surface area contributed by atoms with Gasteiger partial charge >= 0.3 is 0 Å². The first kappa shape index (κ1) is 19.1. The average molecular weight is 360 g/mol. The first-order chi connectivity index (χ1) is 11.8. The highest BCUT2D eigenvalue weighted by atomic mass is 32.2. The molecule has 1 amide bonds. The number of sulfonamides is 1. The van der Waals surface area contributed by atoms with Crippen LogP contribution in [0.15, 0.2) is 59.5 Å². The van der Waals surface area contributed by atoms with Crippen LogP contribution in [0.4, 0.5) is 0 Å². The molecule has 0 aromatic heterocycles. The second-order valence-electron chi connectivity index (χ2n) is 6.44. The van der Waals surface area contributed by atoms with E-state index in [9.17, 15) is 13.2 Å². The van der Waals surface area contributed by atoms with Gasteiger partial charge in [0.15, 0.2) is 0 Å². The smallest absolute Gasteiger partial charge is 0.248 e. The standard InChI is InChI=1S/C19H24N2O3S/c1-14(2)17(11-15-7-4-3-5-8-15)13-21-25(23,24)18-10-6-9-16(12-18)19(20)22/h3-10,12,14,17,21H,11,13H2,1-2H3,(H2,20,22)/t17-/m0/s1. The van der Waals surface area contributed by atoms with Crippen molar-refractivity contribution >= 4 is 15.9 Å². The van der Waals surface area contributed by atoms with Crippen molar-refractivity contribution in [1.29, 1.82) is 0 Å². The zero-order valence-electron chi connectivity index (χ0n) is 14.5. The van der Waals surface area contributed by atoms with Gasteiger partial charge in [-0.15, -0.1) is 0 Å². The van der Waals surface area contributed by atoms with Crippen LogP contribution in [-0.2, 0) is 16.4 Å². The molecular formula is C19H24N2O3S. The summed E-state index contributed by atoms with van der Waals surface area (Å²) in [5.74, 6) is -0.169. The molecule has 0 unspecified atom stereocenters. The molecule has 0 saturated heterocycles. The summed E-state index contributed by atoms with van der Waals surface area (Å²) in [4.78, 5) is 11.3. The van der Waals surface area contributed by atoms with Crippen LogP contribution in [0.1, 0.15) is 29.8 Å². The van der Waals surface area contributed by atoms with Gasteiger partial charge in [-0.3, -0.25) is 4.79 Å². The summed E-state index contributed by atoms with van der Waals surface area (Å²) in [6.45, 7) is 4.49. The maximum atomic E-state index is 12.5. The first-order valence-corrected chi connectivity index (χ1v) is 9.71. The monoisotopic (exact) mass is 360 g/mol. The van der Waals surface area contributed by atoms with Gasteiger partial charge in [-0.25, -0.2) is 13.1 Å². The normalized spacial score (nSPS) is 12.9. The lowest BCUT2D eigenvalue weighted by Gasteiger charge is -2.21. The molecule has 2 aromatic rings. The number of carbonyl (C=O) groups is 1. The minimum Gasteiger partial charge on any atom is -0.366 e. The molecule has 0 bridgehead atoms. The van der Waals surface area contributed by atoms with Crippen LogP contribution in [0.2, 0.25) is 0 Å². The van der Waals surface area contributed by atoms with Gasteiger partial charge in [0.05, 0.1) is 4.90 Å². The summed E-state index contributed by atoms with van der Waals surface area (Å²) in [6.07, 6.45) is 0.794. The molecular weight excluding hydrogens is 336 g/mol. The molecule has 0 aliphatic rings. The molecule has 0 saturated carbocycles. The third kappa shape index (κ3) is 5.41. The van der Waals surface area contributed by atoms with Gasteiger partial charge in [0, 0.05) is 12.1 Å². The van der Waals surface area contributed by atoms with Crippen LogP contribution in [-0.4, -0.2) is 20.9 Å². The SMILES string of the molecule is CC(C)[C@H](CNS(=O)(=O)c1cccc(C(N)=O)c1)Cc1ccccc1. The second-order valence-corrected chi connectivity index (χ2v) is 8.20. The Bertz CT molecular complexity index is 818. The predicted octanol–water partition coefficient (Wildman–Crippen LogP) is 2.58. The Morgan fingerprint density at radius 3 is 2.36 bits per heavy atom. The van der Waals surface area contributed by atoms with Crippen LogP contribution >= 0.6 is 0 Å². The Balaban J connectivity index is 2.11. The highest BCUT2D eigenvalue weighted by molar-refractivity contribution is 7.89. The molecule has 25 heavy (non-hydrogen) atoms. The fraction of sp³-hybridized carbons (Fsp3) is 0.316. The number of nitrogens with two attached hydrogens (primary N) is 1. The van der Waals surface area contributed by atoms with Crippen molar-refractivity contribution in [2.24, 2.45) is 17.6 Å². The number of hydrogen-bond donors (Lipinski definition) is 2. The van der Waals surface area contributed by atoms with Gasteiger partial charge in [0.2, 0.25) is 15.9 Å². The van der Waals surface area contributed by atoms with E-state index in [-0.39, 0.29) is 16.4 Å². The maximum absolute atomic E-state index is 12.5. The fourth-order valence-corrected chi connectivity index (χ4v) is 3.72. The topological polar surface area (TPSA) is 89.3 Å². The van der Waals surface area contributed by atoms with E-state index >= 15 is 0 Å². The van der Waals surface area contributed by atoms with Gasteiger partial charge in [-0.2, -0.15) is 0 Å². The summed E-state index contributed by atoms with van der Waals surface area (Å²) in [6, 6.07) is 15.8. The van der Waals surface area contributed by atoms with Crippen LogP contribution in [0, 0.1) is 11.8 Å². The van der Waals surface area contributed by atoms with E-state index in [4.69, 9.17) is 5.73 Å². The van der Waals surface area contributed by atoms with Gasteiger partial charge in [0.25, 0.3) is 0 Å². The Kier molecular flexibility index (Phi) is 6.33. The van der Waals surface area contributed by atoms with Gasteiger partial charge in [0.1, 0.15) is 0 Å². The van der Waals surface area contributed by atoms with Crippen molar-refractivity contribution < 1.29 is 13.2 Å². The Labute approximate surface area is 149 Å². The molecule has 0 fully saturated rings. The molecule has 3 N–H and O–H groups in total. The number of hydrogen-bond acceptors (Lipinski definition) is 3. The summed E-state index contributed by atoms with van der Waals surface area (Å²) in [5, 5.41) is 0. The summed E-state index contributed by atoms with van der Waals surface area (Å²) >= 11 is 0. The molecule has 6 heteroatoms. The van der Waals surface area contributed by atoms with E-state index in [2.05, 4.69) is 18.6 Å². The van der Waals surface area contributed by atoms with Crippen molar-refractivity contribution in [3.63, 3.8) is 0 Å². The quantitative estimate of drug-likeness (QED) is 0.758. The molecule has 134 valence electrons. The van der Waals surface area contributed by atoms with E-state index < -0.39 is 15.9 Å². The number of benzene rings is 2. The van der Waals surface area contributed by atoms with E-state index in [1.54, 1.807) is 0 Å². The lowest BCUT2D eigenvalue weighted by atomic mass is 9.89. The lowest BCUT2D eigenvalue weighted by Crippen LogP contribution is -2.32. The molecule has 0 aliphatic heterocycles. The van der Waals surface area contributed by atoms with Crippen molar-refractivity contribution in [3.8, 4) is 0 Å². The molecule has 2 aromatic carbocycles. The molecule has 2 rings (SSSR count). The number of nitrogens with one attached hydrogen (secondary N) is 1. The highest BCUT2D eigenvalue weighted by Crippen LogP contribution is 2.18. The molecule has 0 spiro atoms. The van der Waals surface area contributed by atoms with Crippen molar-refractivity contribution in [1.82, 2.24) is 4.72 Å². The summed E-state index contributed by atoms with van der Waals surface area (Å²) in [7, 11) is -3.69. The molecule has 0 heterocycles. The molecule has 0 aliphatic carbocycles. The second kappa shape index (κ2) is 8.27. The number of carbonyl (C=O) groups excluding carboxylic acids is 1. The van der Waals surface area contributed by atoms with Crippen LogP contribution in [0.25, 0.3) is 0 Å². The van der Waals surface area contributed by atoms with Gasteiger partial charge < -0.3 is 5.73 Å². The minimum absolute atomic E-state index is 0.0472. The number of rotatable bonds is 8. The van der Waals surface area contributed by atoms with E-state index in [0.717, 1.165) is 6.42 Å². The van der Waals surface area contributed by atoms with Crippen molar-refractivity contribution in [2.75, 3.05) is 6.54 Å². The van der Waals surface area contributed by atoms with Crippen LogP contribution in [0.5, 0.6) is 0 Å². The first-order valence-electron chi connectivity index (χ1n) is 8.23. The van der Waals surface area contributed by atoms with Gasteiger partial charge in [-0.05, 0) is 42.0 Å². The Morgan fingerprint density at radius 1 is 1.08 bits per heavy atom. The minimum atomic E-state index is -3.69. The highest BCUT2D eigenvalue weighted by Gasteiger charge is 2.20. The molecule has 5 nitrogen and oxygen atoms in total. The Morgan fingerprint density at radius 2 is 1.76 bits per heavy atom. The largest absolute Gasteiger partial charge is 0.366 e. The fourth-order valence-electron chi connectivity index (χ4n) is 2.58. The third-order valence-corrected chi connectivity index (χ3v) is 5.67. The van der Waals surface area contributed by atoms with Crippen LogP contribution in [0.3, 0.4) is 0 Å².